The fourth-order valence-corrected chi connectivity index (χ4v) is 2.76. The second kappa shape index (κ2) is 6.61. The molecule has 1 N–H and O–H groups in total. The minimum Gasteiger partial charge on any atom is -0.324 e. The van der Waals surface area contributed by atoms with E-state index in [4.69, 9.17) is 11.6 Å². The molecule has 0 saturated heterocycles. The summed E-state index contributed by atoms with van der Waals surface area (Å²) in [5.41, 5.74) is 1.91. The van der Waals surface area contributed by atoms with Crippen LogP contribution in [0.1, 0.15) is 25.5 Å². The molecule has 0 atom stereocenters. The molecule has 2 aromatic rings. The summed E-state index contributed by atoms with van der Waals surface area (Å²) in [4.78, 5) is 4.51. The van der Waals surface area contributed by atoms with Gasteiger partial charge in [0.05, 0.1) is 16.4 Å². The van der Waals surface area contributed by atoms with Gasteiger partial charge in [0.2, 0.25) is 5.95 Å². The van der Waals surface area contributed by atoms with Crippen LogP contribution >= 0.6 is 34.2 Å². The lowest BCUT2D eigenvalue weighted by atomic mass is 10.3. The Hall–Kier alpha value is -0.750. The fourth-order valence-electron chi connectivity index (χ4n) is 1.86. The van der Waals surface area contributed by atoms with Gasteiger partial charge in [0.25, 0.3) is 0 Å². The molecule has 0 unspecified atom stereocenters. The highest BCUT2D eigenvalue weighted by molar-refractivity contribution is 14.1. The number of imidazole rings is 1. The van der Waals surface area contributed by atoms with Crippen molar-refractivity contribution in [2.24, 2.45) is 0 Å². The second-order valence-corrected chi connectivity index (χ2v) is 6.15. The van der Waals surface area contributed by atoms with Crippen molar-refractivity contribution in [2.45, 2.75) is 33.2 Å². The normalized spacial score (nSPS) is 10.7. The van der Waals surface area contributed by atoms with Crippen molar-refractivity contribution >= 4 is 45.8 Å². The molecule has 1 aromatic carbocycles. The van der Waals surface area contributed by atoms with E-state index in [1.54, 1.807) is 0 Å². The number of nitrogens with one attached hydrogen (secondary N) is 1. The number of anilines is 2. The van der Waals surface area contributed by atoms with E-state index in [2.05, 4.69) is 50.6 Å². The van der Waals surface area contributed by atoms with E-state index in [-0.39, 0.29) is 0 Å². The number of rotatable bonds is 5. The van der Waals surface area contributed by atoms with Crippen LogP contribution in [0, 0.1) is 10.5 Å². The predicted molar refractivity (Wildman–Crippen MR) is 89.3 cm³/mol. The predicted octanol–water partition coefficient (Wildman–Crippen LogP) is 4.99. The third-order valence-electron chi connectivity index (χ3n) is 2.83. The molecular weight excluding hydrogens is 373 g/mol. The lowest BCUT2D eigenvalue weighted by molar-refractivity contribution is 0.637. The van der Waals surface area contributed by atoms with Crippen LogP contribution in [0.5, 0.6) is 0 Å². The van der Waals surface area contributed by atoms with Crippen molar-refractivity contribution < 1.29 is 0 Å². The number of aryl methyl sites for hydroxylation is 2. The third-order valence-corrected chi connectivity index (χ3v) is 3.81. The van der Waals surface area contributed by atoms with Crippen LogP contribution in [0.4, 0.5) is 11.6 Å². The highest BCUT2D eigenvalue weighted by Gasteiger charge is 2.08. The molecule has 0 spiro atoms. The second-order valence-electron chi connectivity index (χ2n) is 4.50. The average Bonchev–Trinajstić information content (AvgIpc) is 2.70. The SMILES string of the molecule is CCCCn1cc(C)nc1Nc1ccc(I)cc1Cl. The van der Waals surface area contributed by atoms with Gasteiger partial charge in [-0.25, -0.2) is 4.98 Å². The zero-order valence-corrected chi connectivity index (χ0v) is 14.0. The Bertz CT molecular complexity index is 566. The number of hydrogen-bond acceptors (Lipinski definition) is 2. The molecule has 1 heterocycles. The summed E-state index contributed by atoms with van der Waals surface area (Å²) in [6.45, 7) is 5.16. The number of aromatic nitrogens is 2. The first kappa shape index (κ1) is 14.7. The Kier molecular flexibility index (Phi) is 5.10. The van der Waals surface area contributed by atoms with E-state index >= 15 is 0 Å². The van der Waals surface area contributed by atoms with Gasteiger partial charge in [-0.1, -0.05) is 24.9 Å². The maximum Gasteiger partial charge on any atom is 0.207 e. The molecule has 5 heteroatoms. The van der Waals surface area contributed by atoms with Gasteiger partial charge < -0.3 is 9.88 Å². The van der Waals surface area contributed by atoms with Crippen molar-refractivity contribution in [2.75, 3.05) is 5.32 Å². The average molecular weight is 390 g/mol. The summed E-state index contributed by atoms with van der Waals surface area (Å²) in [7, 11) is 0. The first-order valence-corrected chi connectivity index (χ1v) is 7.81. The van der Waals surface area contributed by atoms with Crippen molar-refractivity contribution in [1.82, 2.24) is 9.55 Å². The topological polar surface area (TPSA) is 29.9 Å². The third kappa shape index (κ3) is 3.86. The van der Waals surface area contributed by atoms with Crippen molar-refractivity contribution in [1.29, 1.82) is 0 Å². The van der Waals surface area contributed by atoms with Gasteiger partial charge in [-0.2, -0.15) is 0 Å². The maximum atomic E-state index is 6.24. The largest absolute Gasteiger partial charge is 0.324 e. The Morgan fingerprint density at radius 2 is 2.21 bits per heavy atom. The van der Waals surface area contributed by atoms with Crippen LogP contribution in [-0.4, -0.2) is 9.55 Å². The molecule has 2 rings (SSSR count). The number of unbranched alkanes of at least 4 members (excludes halogenated alkanes) is 1. The number of hydrogen-bond donors (Lipinski definition) is 1. The first-order valence-electron chi connectivity index (χ1n) is 6.36. The summed E-state index contributed by atoms with van der Waals surface area (Å²) in [5.74, 6) is 0.856. The van der Waals surface area contributed by atoms with E-state index in [9.17, 15) is 0 Å². The lowest BCUT2D eigenvalue weighted by Gasteiger charge is -2.10. The number of nitrogens with zero attached hydrogens (tertiary/aromatic N) is 2. The van der Waals surface area contributed by atoms with Crippen LogP contribution in [0.15, 0.2) is 24.4 Å². The summed E-state index contributed by atoms with van der Waals surface area (Å²) < 4.78 is 3.27. The molecule has 0 aliphatic heterocycles. The van der Waals surface area contributed by atoms with E-state index in [1.807, 2.05) is 25.1 Å². The van der Waals surface area contributed by atoms with E-state index in [1.165, 1.54) is 6.42 Å². The van der Waals surface area contributed by atoms with Gasteiger partial charge in [-0.15, -0.1) is 0 Å². The molecule has 0 aliphatic rings. The molecule has 0 radical (unpaired) electrons. The van der Waals surface area contributed by atoms with E-state index in [0.29, 0.717) is 0 Å². The summed E-state index contributed by atoms with van der Waals surface area (Å²) >= 11 is 8.49. The molecular formula is C14H17ClIN3. The summed E-state index contributed by atoms with van der Waals surface area (Å²) in [5, 5.41) is 4.03. The molecule has 0 bridgehead atoms. The molecule has 102 valence electrons. The van der Waals surface area contributed by atoms with Crippen molar-refractivity contribution in [3.63, 3.8) is 0 Å². The van der Waals surface area contributed by atoms with Gasteiger partial charge in [-0.3, -0.25) is 0 Å². The standard InChI is InChI=1S/C14H17ClIN3/c1-3-4-7-19-9-10(2)17-14(19)18-13-6-5-11(16)8-12(13)15/h5-6,8-9H,3-4,7H2,1-2H3,(H,17,18). The van der Waals surface area contributed by atoms with Crippen LogP contribution in [0.3, 0.4) is 0 Å². The highest BCUT2D eigenvalue weighted by atomic mass is 127. The number of benzene rings is 1. The monoisotopic (exact) mass is 389 g/mol. The molecule has 3 nitrogen and oxygen atoms in total. The molecule has 0 saturated carbocycles. The van der Waals surface area contributed by atoms with Gasteiger partial charge in [0, 0.05) is 16.3 Å². The number of halogens is 2. The molecule has 0 aliphatic carbocycles. The van der Waals surface area contributed by atoms with E-state index in [0.717, 1.165) is 38.9 Å². The van der Waals surface area contributed by atoms with Crippen LogP contribution in [0.25, 0.3) is 0 Å². The Labute approximate surface area is 132 Å². The summed E-state index contributed by atoms with van der Waals surface area (Å²) in [6.07, 6.45) is 4.38. The summed E-state index contributed by atoms with van der Waals surface area (Å²) in [6, 6.07) is 5.95. The Morgan fingerprint density at radius 1 is 1.42 bits per heavy atom. The minimum absolute atomic E-state index is 0.717. The zero-order valence-electron chi connectivity index (χ0n) is 11.1. The molecule has 19 heavy (non-hydrogen) atoms. The minimum atomic E-state index is 0.717. The van der Waals surface area contributed by atoms with Crippen molar-refractivity contribution in [3.05, 3.63) is 38.7 Å². The van der Waals surface area contributed by atoms with Gasteiger partial charge in [0.15, 0.2) is 0 Å². The smallest absolute Gasteiger partial charge is 0.207 e. The first-order chi connectivity index (χ1) is 9.10. The molecule has 1 aromatic heterocycles. The molecule has 0 amide bonds. The van der Waals surface area contributed by atoms with Gasteiger partial charge >= 0.3 is 0 Å². The zero-order chi connectivity index (χ0) is 13.8. The van der Waals surface area contributed by atoms with E-state index < -0.39 is 0 Å². The van der Waals surface area contributed by atoms with Crippen molar-refractivity contribution in [3.8, 4) is 0 Å². The van der Waals surface area contributed by atoms with Gasteiger partial charge in [0.1, 0.15) is 0 Å². The quantitative estimate of drug-likeness (QED) is 0.730. The highest BCUT2D eigenvalue weighted by Crippen LogP contribution is 2.27. The fraction of sp³-hybridized carbons (Fsp3) is 0.357. The van der Waals surface area contributed by atoms with Gasteiger partial charge in [-0.05, 0) is 54.1 Å². The Morgan fingerprint density at radius 3 is 2.89 bits per heavy atom. The Balaban J connectivity index is 2.22. The van der Waals surface area contributed by atoms with Crippen LogP contribution in [0.2, 0.25) is 5.02 Å². The lowest BCUT2D eigenvalue weighted by Crippen LogP contribution is -2.03. The molecule has 0 fully saturated rings. The van der Waals surface area contributed by atoms with Crippen LogP contribution < -0.4 is 5.32 Å². The van der Waals surface area contributed by atoms with Crippen LogP contribution in [-0.2, 0) is 6.54 Å². The maximum absolute atomic E-state index is 6.24.